The van der Waals surface area contributed by atoms with Crippen molar-refractivity contribution in [1.82, 2.24) is 9.55 Å². The van der Waals surface area contributed by atoms with E-state index in [0.717, 1.165) is 18.5 Å². The molecule has 1 aliphatic heterocycles. The molecule has 1 aliphatic carbocycles. The number of hydrogen-bond donors (Lipinski definition) is 0. The molecule has 0 radical (unpaired) electrons. The summed E-state index contributed by atoms with van der Waals surface area (Å²) in [7, 11) is 0. The molecule has 0 amide bonds. The van der Waals surface area contributed by atoms with Gasteiger partial charge in [-0.05, 0) is 42.4 Å². The minimum atomic E-state index is -0.727. The lowest BCUT2D eigenvalue weighted by molar-refractivity contribution is 0.160. The number of halogens is 1. The minimum absolute atomic E-state index is 0.0711. The average molecular weight is 324 g/mol. The lowest BCUT2D eigenvalue weighted by Gasteiger charge is -2.28. The summed E-state index contributed by atoms with van der Waals surface area (Å²) in [6.07, 6.45) is 9.36. The van der Waals surface area contributed by atoms with Crippen LogP contribution in [-0.2, 0) is 0 Å². The fourth-order valence-electron chi connectivity index (χ4n) is 4.53. The molecule has 126 valence electrons. The van der Waals surface area contributed by atoms with Crippen LogP contribution in [0.15, 0.2) is 42.9 Å². The maximum atomic E-state index is 15.1. The van der Waals surface area contributed by atoms with Gasteiger partial charge in [0, 0.05) is 6.42 Å². The Balaban J connectivity index is 1.64. The zero-order valence-corrected chi connectivity index (χ0v) is 14.3. The van der Waals surface area contributed by atoms with Crippen LogP contribution < -0.4 is 0 Å². The largest absolute Gasteiger partial charge is 0.323 e. The molecule has 0 N–H and O–H groups in total. The smallest absolute Gasteiger partial charge is 0.105 e. The Morgan fingerprint density at radius 1 is 1.17 bits per heavy atom. The molecule has 2 unspecified atom stereocenters. The van der Waals surface area contributed by atoms with Crippen LogP contribution in [-0.4, -0.2) is 15.7 Å². The summed E-state index contributed by atoms with van der Waals surface area (Å²) in [5, 5.41) is 0. The minimum Gasteiger partial charge on any atom is -0.323 e. The predicted octanol–water partition coefficient (Wildman–Crippen LogP) is 5.68. The van der Waals surface area contributed by atoms with E-state index in [4.69, 9.17) is 0 Å². The van der Waals surface area contributed by atoms with Crippen molar-refractivity contribution in [2.24, 2.45) is 5.92 Å². The van der Waals surface area contributed by atoms with Crippen LogP contribution in [0.1, 0.15) is 62.7 Å². The summed E-state index contributed by atoms with van der Waals surface area (Å²) in [6.45, 7) is 2.14. The number of rotatable bonds is 4. The van der Waals surface area contributed by atoms with Crippen molar-refractivity contribution >= 4 is 11.1 Å². The summed E-state index contributed by atoms with van der Waals surface area (Å²) in [5.41, 5.74) is 4.85. The van der Waals surface area contributed by atoms with E-state index in [2.05, 4.69) is 40.7 Å². The van der Waals surface area contributed by atoms with Gasteiger partial charge in [-0.15, -0.1) is 0 Å². The topological polar surface area (TPSA) is 17.8 Å². The van der Waals surface area contributed by atoms with Crippen molar-refractivity contribution in [2.45, 2.75) is 57.7 Å². The van der Waals surface area contributed by atoms with Crippen molar-refractivity contribution in [3.8, 4) is 0 Å². The summed E-state index contributed by atoms with van der Waals surface area (Å²) in [4.78, 5) is 4.30. The molecule has 3 heteroatoms. The van der Waals surface area contributed by atoms with E-state index in [1.165, 1.54) is 36.0 Å². The molecule has 2 atom stereocenters. The zero-order chi connectivity index (χ0) is 16.5. The highest BCUT2D eigenvalue weighted by molar-refractivity contribution is 5.93. The lowest BCUT2D eigenvalue weighted by Crippen LogP contribution is -2.23. The van der Waals surface area contributed by atoms with E-state index in [0.29, 0.717) is 6.42 Å². The number of benzene rings is 1. The van der Waals surface area contributed by atoms with Gasteiger partial charge >= 0.3 is 0 Å². The van der Waals surface area contributed by atoms with Crippen LogP contribution in [0.25, 0.3) is 11.1 Å². The number of hydrogen-bond acceptors (Lipinski definition) is 1. The molecule has 0 saturated heterocycles. The van der Waals surface area contributed by atoms with Crippen LogP contribution >= 0.6 is 0 Å². The summed E-state index contributed by atoms with van der Waals surface area (Å²) >= 11 is 0. The number of fused-ring (bicyclic) bond motifs is 1. The summed E-state index contributed by atoms with van der Waals surface area (Å²) < 4.78 is 17.3. The highest BCUT2D eigenvalue weighted by Crippen LogP contribution is 2.45. The van der Waals surface area contributed by atoms with Gasteiger partial charge in [0.2, 0.25) is 0 Å². The first-order valence-corrected chi connectivity index (χ1v) is 9.18. The average Bonchev–Trinajstić information content (AvgIpc) is 3.20. The predicted molar refractivity (Wildman–Crippen MR) is 96.3 cm³/mol. The van der Waals surface area contributed by atoms with Gasteiger partial charge in [0.05, 0.1) is 24.3 Å². The quantitative estimate of drug-likeness (QED) is 0.708. The first-order chi connectivity index (χ1) is 11.8. The molecule has 1 aromatic carbocycles. The van der Waals surface area contributed by atoms with Gasteiger partial charge in [0.1, 0.15) is 6.17 Å². The third-order valence-electron chi connectivity index (χ3n) is 5.82. The van der Waals surface area contributed by atoms with E-state index >= 15 is 4.39 Å². The summed E-state index contributed by atoms with van der Waals surface area (Å²) in [5.74, 6) is 0.239. The van der Waals surface area contributed by atoms with Crippen LogP contribution in [0, 0.1) is 5.92 Å². The number of imidazole rings is 1. The highest BCUT2D eigenvalue weighted by atomic mass is 19.1. The van der Waals surface area contributed by atoms with Crippen molar-refractivity contribution in [3.05, 3.63) is 54.1 Å². The Morgan fingerprint density at radius 3 is 2.67 bits per heavy atom. The van der Waals surface area contributed by atoms with Gasteiger partial charge in [-0.2, -0.15) is 0 Å². The third-order valence-corrected chi connectivity index (χ3v) is 5.82. The molecule has 4 rings (SSSR count). The molecule has 1 fully saturated rings. The number of allylic oxidation sites excluding steroid dienone is 2. The monoisotopic (exact) mass is 324 g/mol. The Hall–Kier alpha value is -1.90. The zero-order valence-electron chi connectivity index (χ0n) is 14.3. The van der Waals surface area contributed by atoms with E-state index in [1.54, 1.807) is 0 Å². The normalized spacial score (nSPS) is 22.7. The van der Waals surface area contributed by atoms with Crippen LogP contribution in [0.4, 0.5) is 4.39 Å². The van der Waals surface area contributed by atoms with E-state index in [9.17, 15) is 0 Å². The van der Waals surface area contributed by atoms with Crippen LogP contribution in [0.5, 0.6) is 0 Å². The molecular formula is C21H25FN2. The first kappa shape index (κ1) is 15.6. The standard InChI is InChI=1S/C21H25FN2/c1-15-20-13-23-14-24(20)19(21(15)17-10-6-3-7-11-17)12-18(22)16-8-4-2-5-9-16/h3,6-7,10-11,13-14,16,18-19H,2,4-5,8-9,12H2,1H3. The Kier molecular flexibility index (Phi) is 4.26. The van der Waals surface area contributed by atoms with Crippen molar-refractivity contribution in [3.63, 3.8) is 0 Å². The molecule has 2 heterocycles. The van der Waals surface area contributed by atoms with Gasteiger partial charge in [0.15, 0.2) is 0 Å². The lowest BCUT2D eigenvalue weighted by atomic mass is 9.82. The molecule has 2 aromatic rings. The molecule has 0 bridgehead atoms. The first-order valence-electron chi connectivity index (χ1n) is 9.18. The number of alkyl halides is 1. The fourth-order valence-corrected chi connectivity index (χ4v) is 4.53. The van der Waals surface area contributed by atoms with Gasteiger partial charge in [-0.25, -0.2) is 9.37 Å². The number of nitrogens with zero attached hydrogens (tertiary/aromatic N) is 2. The van der Waals surface area contributed by atoms with E-state index in [1.807, 2.05) is 18.6 Å². The molecule has 1 aromatic heterocycles. The second-order valence-corrected chi connectivity index (χ2v) is 7.26. The second kappa shape index (κ2) is 6.54. The van der Waals surface area contributed by atoms with E-state index < -0.39 is 6.17 Å². The molecule has 24 heavy (non-hydrogen) atoms. The van der Waals surface area contributed by atoms with Gasteiger partial charge < -0.3 is 4.57 Å². The fraction of sp³-hybridized carbons (Fsp3) is 0.476. The van der Waals surface area contributed by atoms with Gasteiger partial charge in [-0.1, -0.05) is 49.6 Å². The van der Waals surface area contributed by atoms with Crippen molar-refractivity contribution < 1.29 is 4.39 Å². The van der Waals surface area contributed by atoms with Crippen molar-refractivity contribution in [2.75, 3.05) is 0 Å². The highest BCUT2D eigenvalue weighted by Gasteiger charge is 2.34. The summed E-state index contributed by atoms with van der Waals surface area (Å²) in [6, 6.07) is 10.5. The Morgan fingerprint density at radius 2 is 1.92 bits per heavy atom. The molecule has 2 nitrogen and oxygen atoms in total. The molecule has 2 aliphatic rings. The maximum Gasteiger partial charge on any atom is 0.105 e. The van der Waals surface area contributed by atoms with Crippen molar-refractivity contribution in [1.29, 1.82) is 0 Å². The Bertz CT molecular complexity index is 725. The third kappa shape index (κ3) is 2.70. The Labute approximate surface area is 143 Å². The van der Waals surface area contributed by atoms with E-state index in [-0.39, 0.29) is 12.0 Å². The molecular weight excluding hydrogens is 299 g/mol. The SMILES string of the molecule is CC1=C(c2ccccc2)C(CC(F)C2CCCCC2)n2cncc21. The van der Waals surface area contributed by atoms with Crippen LogP contribution in [0.3, 0.4) is 0 Å². The molecule has 1 saturated carbocycles. The van der Waals surface area contributed by atoms with Crippen LogP contribution in [0.2, 0.25) is 0 Å². The second-order valence-electron chi connectivity index (χ2n) is 7.26. The maximum absolute atomic E-state index is 15.1. The van der Waals surface area contributed by atoms with Gasteiger partial charge in [0.25, 0.3) is 0 Å². The van der Waals surface area contributed by atoms with Gasteiger partial charge in [-0.3, -0.25) is 0 Å². The number of aromatic nitrogens is 2. The molecule has 0 spiro atoms.